The number of benzene rings is 3. The molecule has 0 unspecified atom stereocenters. The standard InChI is InChI=1S/C21H16F2O2/c1-14-9-17(16-7-8-19(22)20(23)11-16)10-18(12-24)21(14)25-13-15-5-3-2-4-6-15/h2-12H,13H2,1H3. The van der Waals surface area contributed by atoms with Crippen LogP contribution < -0.4 is 4.74 Å². The van der Waals surface area contributed by atoms with Crippen LogP contribution in [0.4, 0.5) is 8.78 Å². The average Bonchev–Trinajstić information content (AvgIpc) is 2.63. The molecular weight excluding hydrogens is 322 g/mol. The zero-order chi connectivity index (χ0) is 17.8. The van der Waals surface area contributed by atoms with Crippen molar-refractivity contribution in [2.75, 3.05) is 0 Å². The molecule has 0 radical (unpaired) electrons. The van der Waals surface area contributed by atoms with Crippen LogP contribution in [0.5, 0.6) is 5.75 Å². The van der Waals surface area contributed by atoms with Gasteiger partial charge in [0.1, 0.15) is 12.4 Å². The summed E-state index contributed by atoms with van der Waals surface area (Å²) < 4.78 is 32.4. The molecule has 0 saturated heterocycles. The molecule has 2 nitrogen and oxygen atoms in total. The Morgan fingerprint density at radius 3 is 2.36 bits per heavy atom. The number of carbonyl (C=O) groups excluding carboxylic acids is 1. The monoisotopic (exact) mass is 338 g/mol. The molecule has 0 saturated carbocycles. The molecule has 0 heterocycles. The highest BCUT2D eigenvalue weighted by molar-refractivity contribution is 5.84. The van der Waals surface area contributed by atoms with Gasteiger partial charge in [0, 0.05) is 0 Å². The minimum Gasteiger partial charge on any atom is -0.488 e. The minimum atomic E-state index is -0.924. The summed E-state index contributed by atoms with van der Waals surface area (Å²) >= 11 is 0. The van der Waals surface area contributed by atoms with Gasteiger partial charge in [-0.05, 0) is 53.4 Å². The molecule has 0 aliphatic heterocycles. The summed E-state index contributed by atoms with van der Waals surface area (Å²) in [5.41, 5.74) is 3.24. The first-order valence-corrected chi connectivity index (χ1v) is 7.80. The van der Waals surface area contributed by atoms with Gasteiger partial charge in [-0.25, -0.2) is 8.78 Å². The van der Waals surface area contributed by atoms with Gasteiger partial charge < -0.3 is 4.74 Å². The number of aldehydes is 1. The molecule has 0 aliphatic rings. The minimum absolute atomic E-state index is 0.340. The van der Waals surface area contributed by atoms with Crippen molar-refractivity contribution in [3.05, 3.63) is 89.0 Å². The maximum atomic E-state index is 13.5. The van der Waals surface area contributed by atoms with Crippen LogP contribution in [0, 0.1) is 18.6 Å². The lowest BCUT2D eigenvalue weighted by atomic mass is 9.99. The van der Waals surface area contributed by atoms with Crippen LogP contribution in [0.2, 0.25) is 0 Å². The van der Waals surface area contributed by atoms with Crippen LogP contribution >= 0.6 is 0 Å². The third-order valence-corrected chi connectivity index (χ3v) is 3.91. The molecule has 0 aliphatic carbocycles. The van der Waals surface area contributed by atoms with E-state index in [2.05, 4.69) is 0 Å². The number of aryl methyl sites for hydroxylation is 1. The Balaban J connectivity index is 1.93. The van der Waals surface area contributed by atoms with Crippen molar-refractivity contribution in [3.63, 3.8) is 0 Å². The van der Waals surface area contributed by atoms with E-state index in [4.69, 9.17) is 4.74 Å². The van der Waals surface area contributed by atoms with Crippen LogP contribution in [-0.2, 0) is 6.61 Å². The molecule has 25 heavy (non-hydrogen) atoms. The molecule has 0 spiro atoms. The topological polar surface area (TPSA) is 26.3 Å². The Hall–Kier alpha value is -3.01. The first-order valence-electron chi connectivity index (χ1n) is 7.80. The second-order valence-corrected chi connectivity index (χ2v) is 5.73. The molecule has 3 aromatic carbocycles. The van der Waals surface area contributed by atoms with E-state index in [1.165, 1.54) is 6.07 Å². The van der Waals surface area contributed by atoms with Gasteiger partial charge in [-0.3, -0.25) is 4.79 Å². The van der Waals surface area contributed by atoms with E-state index in [0.29, 0.717) is 35.3 Å². The second-order valence-electron chi connectivity index (χ2n) is 5.73. The van der Waals surface area contributed by atoms with E-state index in [1.54, 1.807) is 12.1 Å². The average molecular weight is 338 g/mol. The number of rotatable bonds is 5. The van der Waals surface area contributed by atoms with Gasteiger partial charge in [0.2, 0.25) is 0 Å². The highest BCUT2D eigenvalue weighted by Crippen LogP contribution is 2.31. The van der Waals surface area contributed by atoms with Gasteiger partial charge in [-0.15, -0.1) is 0 Å². The zero-order valence-electron chi connectivity index (χ0n) is 13.6. The third-order valence-electron chi connectivity index (χ3n) is 3.91. The van der Waals surface area contributed by atoms with E-state index in [-0.39, 0.29) is 0 Å². The van der Waals surface area contributed by atoms with E-state index >= 15 is 0 Å². The van der Waals surface area contributed by atoms with Crippen molar-refractivity contribution in [2.45, 2.75) is 13.5 Å². The number of halogens is 2. The van der Waals surface area contributed by atoms with Crippen molar-refractivity contribution in [1.29, 1.82) is 0 Å². The third kappa shape index (κ3) is 3.74. The summed E-state index contributed by atoms with van der Waals surface area (Å²) in [7, 11) is 0. The maximum Gasteiger partial charge on any atom is 0.159 e. The maximum absolute atomic E-state index is 13.5. The Kier molecular flexibility index (Phi) is 4.89. The molecule has 126 valence electrons. The van der Waals surface area contributed by atoms with Crippen molar-refractivity contribution >= 4 is 6.29 Å². The van der Waals surface area contributed by atoms with Gasteiger partial charge in [0.15, 0.2) is 17.9 Å². The van der Waals surface area contributed by atoms with Crippen LogP contribution in [-0.4, -0.2) is 6.29 Å². The summed E-state index contributed by atoms with van der Waals surface area (Å²) in [5.74, 6) is -1.34. The second kappa shape index (κ2) is 7.26. The molecular formula is C21H16F2O2. The van der Waals surface area contributed by atoms with Crippen LogP contribution in [0.15, 0.2) is 60.7 Å². The molecule has 3 rings (SSSR count). The quantitative estimate of drug-likeness (QED) is 0.588. The fourth-order valence-corrected chi connectivity index (χ4v) is 2.66. The molecule has 0 amide bonds. The summed E-state index contributed by atoms with van der Waals surface area (Å²) in [6.45, 7) is 2.16. The van der Waals surface area contributed by atoms with Crippen molar-refractivity contribution in [3.8, 4) is 16.9 Å². The molecule has 0 bridgehead atoms. The molecule has 0 aromatic heterocycles. The van der Waals surface area contributed by atoms with Gasteiger partial charge >= 0.3 is 0 Å². The number of carbonyl (C=O) groups is 1. The van der Waals surface area contributed by atoms with Gasteiger partial charge in [0.05, 0.1) is 5.56 Å². The first kappa shape index (κ1) is 16.8. The van der Waals surface area contributed by atoms with E-state index in [9.17, 15) is 13.6 Å². The fourth-order valence-electron chi connectivity index (χ4n) is 2.66. The lowest BCUT2D eigenvalue weighted by Crippen LogP contribution is -2.01. The normalized spacial score (nSPS) is 10.5. The smallest absolute Gasteiger partial charge is 0.159 e. The van der Waals surface area contributed by atoms with Gasteiger partial charge in [0.25, 0.3) is 0 Å². The van der Waals surface area contributed by atoms with Crippen LogP contribution in [0.3, 0.4) is 0 Å². The van der Waals surface area contributed by atoms with Gasteiger partial charge in [-0.2, -0.15) is 0 Å². The SMILES string of the molecule is Cc1cc(-c2ccc(F)c(F)c2)cc(C=O)c1OCc1ccccc1. The summed E-state index contributed by atoms with van der Waals surface area (Å²) in [4.78, 5) is 11.5. The molecule has 0 atom stereocenters. The first-order chi connectivity index (χ1) is 12.1. The van der Waals surface area contributed by atoms with E-state index in [0.717, 1.165) is 23.3 Å². The Morgan fingerprint density at radius 2 is 1.68 bits per heavy atom. The number of hydrogen-bond donors (Lipinski definition) is 0. The number of hydrogen-bond acceptors (Lipinski definition) is 2. The molecule has 0 N–H and O–H groups in total. The summed E-state index contributed by atoms with van der Waals surface area (Å²) in [5, 5.41) is 0. The Morgan fingerprint density at radius 1 is 0.920 bits per heavy atom. The zero-order valence-corrected chi connectivity index (χ0v) is 13.6. The highest BCUT2D eigenvalue weighted by Gasteiger charge is 2.12. The molecule has 3 aromatic rings. The van der Waals surface area contributed by atoms with Crippen molar-refractivity contribution in [1.82, 2.24) is 0 Å². The van der Waals surface area contributed by atoms with Crippen molar-refractivity contribution in [2.24, 2.45) is 0 Å². The van der Waals surface area contributed by atoms with Gasteiger partial charge in [-0.1, -0.05) is 36.4 Å². The summed E-state index contributed by atoms with van der Waals surface area (Å²) in [6.07, 6.45) is 0.705. The van der Waals surface area contributed by atoms with Crippen LogP contribution in [0.25, 0.3) is 11.1 Å². The summed E-state index contributed by atoms with van der Waals surface area (Å²) in [6, 6.07) is 16.7. The lowest BCUT2D eigenvalue weighted by molar-refractivity contribution is 0.111. The van der Waals surface area contributed by atoms with E-state index in [1.807, 2.05) is 37.3 Å². The number of ether oxygens (including phenoxy) is 1. The molecule has 4 heteroatoms. The van der Waals surface area contributed by atoms with Crippen molar-refractivity contribution < 1.29 is 18.3 Å². The Bertz CT molecular complexity index is 905. The largest absolute Gasteiger partial charge is 0.488 e. The van der Waals surface area contributed by atoms with Crippen LogP contribution in [0.1, 0.15) is 21.5 Å². The Labute approximate surface area is 144 Å². The fraction of sp³-hybridized carbons (Fsp3) is 0.0952. The predicted octanol–water partition coefficient (Wildman–Crippen LogP) is 5.33. The lowest BCUT2D eigenvalue weighted by Gasteiger charge is -2.14. The predicted molar refractivity (Wildman–Crippen MR) is 92.7 cm³/mol. The van der Waals surface area contributed by atoms with E-state index < -0.39 is 11.6 Å². The highest BCUT2D eigenvalue weighted by atomic mass is 19.2. The molecule has 0 fully saturated rings.